The van der Waals surface area contributed by atoms with E-state index in [0.717, 1.165) is 0 Å². The smallest absolute Gasteiger partial charge is 0.257 e. The molecule has 2 amide bonds. The Bertz CT molecular complexity index is 657. The van der Waals surface area contributed by atoms with Crippen LogP contribution in [0.1, 0.15) is 20.7 Å². The zero-order valence-electron chi connectivity index (χ0n) is 9.44. The summed E-state index contributed by atoms with van der Waals surface area (Å²) in [6.45, 7) is 0. The molecule has 0 fully saturated rings. The Morgan fingerprint density at radius 1 is 1.26 bits per heavy atom. The van der Waals surface area contributed by atoms with Gasteiger partial charge in [0.15, 0.2) is 0 Å². The van der Waals surface area contributed by atoms with E-state index in [-0.39, 0.29) is 5.91 Å². The molecule has 7 heteroatoms. The van der Waals surface area contributed by atoms with Crippen molar-refractivity contribution in [1.29, 1.82) is 0 Å². The Balaban J connectivity index is 2.26. The van der Waals surface area contributed by atoms with Crippen LogP contribution in [-0.4, -0.2) is 11.8 Å². The summed E-state index contributed by atoms with van der Waals surface area (Å²) in [5, 5.41) is 5.30. The molecule has 1 aromatic carbocycles. The predicted molar refractivity (Wildman–Crippen MR) is 79.9 cm³/mol. The first kappa shape index (κ1) is 14.0. The van der Waals surface area contributed by atoms with Crippen LogP contribution in [0.15, 0.2) is 34.1 Å². The van der Waals surface area contributed by atoms with Gasteiger partial charge in [0.1, 0.15) is 5.00 Å². The van der Waals surface area contributed by atoms with Gasteiger partial charge in [-0.25, -0.2) is 0 Å². The van der Waals surface area contributed by atoms with Crippen LogP contribution in [-0.2, 0) is 0 Å². The Labute approximate surface area is 126 Å². The molecule has 4 nitrogen and oxygen atoms in total. The maximum absolute atomic E-state index is 12.1. The number of rotatable bonds is 3. The number of carbonyl (C=O) groups is 2. The number of halogens is 2. The second-order valence-corrected chi connectivity index (χ2v) is 5.81. The van der Waals surface area contributed by atoms with Gasteiger partial charge in [-0.2, -0.15) is 0 Å². The highest BCUT2D eigenvalue weighted by atomic mass is 79.9. The highest BCUT2D eigenvalue weighted by molar-refractivity contribution is 9.10. The number of nitrogens with two attached hydrogens (primary N) is 1. The van der Waals surface area contributed by atoms with Gasteiger partial charge in [0.05, 0.1) is 11.1 Å². The second-order valence-electron chi connectivity index (χ2n) is 3.61. The van der Waals surface area contributed by atoms with Gasteiger partial charge in [0.25, 0.3) is 11.8 Å². The first-order chi connectivity index (χ1) is 8.99. The summed E-state index contributed by atoms with van der Waals surface area (Å²) in [7, 11) is 0. The van der Waals surface area contributed by atoms with Crippen LogP contribution >= 0.6 is 38.9 Å². The van der Waals surface area contributed by atoms with Gasteiger partial charge in [0.2, 0.25) is 0 Å². The first-order valence-corrected chi connectivity index (χ1v) is 7.18. The quantitative estimate of drug-likeness (QED) is 0.880. The molecule has 2 aromatic rings. The highest BCUT2D eigenvalue weighted by Gasteiger charge is 2.15. The van der Waals surface area contributed by atoms with Gasteiger partial charge >= 0.3 is 0 Å². The van der Waals surface area contributed by atoms with Crippen molar-refractivity contribution in [3.8, 4) is 0 Å². The maximum Gasteiger partial charge on any atom is 0.257 e. The molecule has 3 N–H and O–H groups in total. The first-order valence-electron chi connectivity index (χ1n) is 5.12. The van der Waals surface area contributed by atoms with Crippen LogP contribution in [0.5, 0.6) is 0 Å². The molecule has 0 unspecified atom stereocenters. The van der Waals surface area contributed by atoms with Crippen LogP contribution in [0, 0.1) is 0 Å². The molecule has 0 saturated heterocycles. The number of carbonyl (C=O) groups excluding carboxylic acids is 2. The molecule has 0 saturated carbocycles. The number of nitrogens with one attached hydrogen (secondary N) is 1. The molecular weight excluding hydrogens is 352 g/mol. The molecule has 1 aromatic heterocycles. The van der Waals surface area contributed by atoms with E-state index in [1.54, 1.807) is 29.6 Å². The summed E-state index contributed by atoms with van der Waals surface area (Å²) < 4.78 is 0.578. The number of benzene rings is 1. The standard InChI is InChI=1S/C12H8BrClN2O2S/c13-9-5-6(14)1-2-7(9)11(18)16-12-8(10(15)17)3-4-19-12/h1-5H,(H2,15,17)(H,16,18). The number of primary amides is 1. The number of hydrogen-bond donors (Lipinski definition) is 2. The molecule has 0 spiro atoms. The molecule has 98 valence electrons. The maximum atomic E-state index is 12.1. The fourth-order valence-corrected chi connectivity index (χ4v) is 3.09. The van der Waals surface area contributed by atoms with E-state index in [4.69, 9.17) is 17.3 Å². The number of amides is 2. The van der Waals surface area contributed by atoms with Gasteiger partial charge in [-0.3, -0.25) is 9.59 Å². The van der Waals surface area contributed by atoms with Crippen molar-refractivity contribution in [3.63, 3.8) is 0 Å². The minimum absolute atomic E-state index is 0.295. The third-order valence-corrected chi connectivity index (χ3v) is 4.05. The molecule has 0 radical (unpaired) electrons. The predicted octanol–water partition coefficient (Wildman–Crippen LogP) is 3.52. The molecular formula is C12H8BrClN2O2S. The van der Waals surface area contributed by atoms with E-state index in [9.17, 15) is 9.59 Å². The van der Waals surface area contributed by atoms with E-state index in [1.165, 1.54) is 11.3 Å². The van der Waals surface area contributed by atoms with Crippen molar-refractivity contribution < 1.29 is 9.59 Å². The largest absolute Gasteiger partial charge is 0.366 e. The summed E-state index contributed by atoms with van der Waals surface area (Å²) in [6.07, 6.45) is 0. The average Bonchev–Trinajstić information content (AvgIpc) is 2.76. The Kier molecular flexibility index (Phi) is 4.24. The van der Waals surface area contributed by atoms with E-state index < -0.39 is 5.91 Å². The lowest BCUT2D eigenvalue weighted by Gasteiger charge is -2.06. The Morgan fingerprint density at radius 3 is 2.63 bits per heavy atom. The topological polar surface area (TPSA) is 72.2 Å². The third kappa shape index (κ3) is 3.15. The third-order valence-electron chi connectivity index (χ3n) is 2.33. The lowest BCUT2D eigenvalue weighted by Crippen LogP contribution is -2.16. The van der Waals surface area contributed by atoms with E-state index in [2.05, 4.69) is 21.2 Å². The summed E-state index contributed by atoms with van der Waals surface area (Å²) in [5.41, 5.74) is 5.93. The highest BCUT2D eigenvalue weighted by Crippen LogP contribution is 2.26. The van der Waals surface area contributed by atoms with Gasteiger partial charge in [-0.1, -0.05) is 11.6 Å². The molecule has 19 heavy (non-hydrogen) atoms. The van der Waals surface area contributed by atoms with Crippen molar-refractivity contribution in [2.45, 2.75) is 0 Å². The fraction of sp³-hybridized carbons (Fsp3) is 0. The summed E-state index contributed by atoms with van der Waals surface area (Å²) in [5.74, 6) is -0.916. The van der Waals surface area contributed by atoms with E-state index >= 15 is 0 Å². The number of thiophene rings is 1. The monoisotopic (exact) mass is 358 g/mol. The molecule has 0 bridgehead atoms. The summed E-state index contributed by atoms with van der Waals surface area (Å²) in [4.78, 5) is 23.3. The van der Waals surface area contributed by atoms with Crippen molar-refractivity contribution >= 4 is 55.7 Å². The van der Waals surface area contributed by atoms with Crippen LogP contribution in [0.4, 0.5) is 5.00 Å². The molecule has 0 atom stereocenters. The van der Waals surface area contributed by atoms with Gasteiger partial charge in [-0.15, -0.1) is 11.3 Å². The van der Waals surface area contributed by atoms with Crippen LogP contribution in [0.2, 0.25) is 5.02 Å². The molecule has 0 aliphatic heterocycles. The fourth-order valence-electron chi connectivity index (χ4n) is 1.44. The van der Waals surface area contributed by atoms with Crippen LogP contribution < -0.4 is 11.1 Å². The van der Waals surface area contributed by atoms with E-state index in [1.807, 2.05) is 0 Å². The Hall–Kier alpha value is -1.37. The Morgan fingerprint density at radius 2 is 2.00 bits per heavy atom. The minimum Gasteiger partial charge on any atom is -0.366 e. The SMILES string of the molecule is NC(=O)c1ccsc1NC(=O)c1ccc(Cl)cc1Br. The summed E-state index contributed by atoms with van der Waals surface area (Å²) >= 11 is 10.3. The lowest BCUT2D eigenvalue weighted by molar-refractivity contribution is 0.100. The van der Waals surface area contributed by atoms with Crippen molar-refractivity contribution in [2.24, 2.45) is 5.73 Å². The minimum atomic E-state index is -0.577. The van der Waals surface area contributed by atoms with Crippen molar-refractivity contribution in [1.82, 2.24) is 0 Å². The van der Waals surface area contributed by atoms with Crippen molar-refractivity contribution in [2.75, 3.05) is 5.32 Å². The molecule has 2 rings (SSSR count). The normalized spacial score (nSPS) is 10.2. The molecule has 1 heterocycles. The summed E-state index contributed by atoms with van der Waals surface area (Å²) in [6, 6.07) is 6.41. The van der Waals surface area contributed by atoms with E-state index in [0.29, 0.717) is 25.6 Å². The number of anilines is 1. The van der Waals surface area contributed by atoms with Gasteiger partial charge in [-0.05, 0) is 45.6 Å². The molecule has 0 aliphatic rings. The molecule has 0 aliphatic carbocycles. The lowest BCUT2D eigenvalue weighted by atomic mass is 10.2. The van der Waals surface area contributed by atoms with Gasteiger partial charge < -0.3 is 11.1 Å². The zero-order chi connectivity index (χ0) is 14.0. The van der Waals surface area contributed by atoms with Crippen LogP contribution in [0.3, 0.4) is 0 Å². The average molecular weight is 360 g/mol. The second kappa shape index (κ2) is 5.73. The zero-order valence-corrected chi connectivity index (χ0v) is 12.6. The van der Waals surface area contributed by atoms with Crippen LogP contribution in [0.25, 0.3) is 0 Å². The van der Waals surface area contributed by atoms with Gasteiger partial charge in [0, 0.05) is 9.50 Å². The van der Waals surface area contributed by atoms with Crippen molar-refractivity contribution in [3.05, 3.63) is 50.3 Å². The number of hydrogen-bond acceptors (Lipinski definition) is 3.